The van der Waals surface area contributed by atoms with Crippen molar-refractivity contribution in [2.75, 3.05) is 5.33 Å². The molecule has 1 aliphatic carbocycles. The van der Waals surface area contributed by atoms with Crippen LogP contribution < -0.4 is 0 Å². The van der Waals surface area contributed by atoms with Crippen molar-refractivity contribution in [2.24, 2.45) is 0 Å². The van der Waals surface area contributed by atoms with Gasteiger partial charge in [-0.15, -0.1) is 0 Å². The molecular weight excluding hydrogens is 312 g/mol. The summed E-state index contributed by atoms with van der Waals surface area (Å²) in [4.78, 5) is 0. The summed E-state index contributed by atoms with van der Waals surface area (Å²) in [6.07, 6.45) is 7.61. The second-order valence-electron chi connectivity index (χ2n) is 5.15. The normalized spacial score (nSPS) is 19.4. The van der Waals surface area contributed by atoms with E-state index in [4.69, 9.17) is 16.3 Å². The molecule has 0 saturated heterocycles. The van der Waals surface area contributed by atoms with Gasteiger partial charge in [0.2, 0.25) is 0 Å². The molecule has 0 N–H and O–H groups in total. The van der Waals surface area contributed by atoms with Crippen LogP contribution >= 0.6 is 27.5 Å². The Balaban J connectivity index is 1.95. The summed E-state index contributed by atoms with van der Waals surface area (Å²) in [5, 5.41) is 1.72. The molecule has 0 atom stereocenters. The number of alkyl halides is 1. The molecule has 1 aromatic carbocycles. The van der Waals surface area contributed by atoms with Crippen LogP contribution in [-0.2, 0) is 11.3 Å². The topological polar surface area (TPSA) is 9.23 Å². The average molecular weight is 332 g/mol. The molecule has 2 rings (SSSR count). The lowest BCUT2D eigenvalue weighted by molar-refractivity contribution is -0.0485. The number of benzene rings is 1. The first kappa shape index (κ1) is 14.4. The maximum absolute atomic E-state index is 6.24. The first-order chi connectivity index (χ1) is 8.74. The van der Waals surface area contributed by atoms with Crippen molar-refractivity contribution in [3.63, 3.8) is 0 Å². The predicted octanol–water partition coefficient (Wildman–Crippen LogP) is 5.34. The van der Waals surface area contributed by atoms with Crippen molar-refractivity contribution in [3.05, 3.63) is 34.9 Å². The molecule has 1 nitrogen and oxygen atoms in total. The van der Waals surface area contributed by atoms with Gasteiger partial charge in [-0.3, -0.25) is 0 Å². The predicted molar refractivity (Wildman–Crippen MR) is 80.5 cm³/mol. The molecule has 1 saturated carbocycles. The third-order valence-electron chi connectivity index (χ3n) is 3.72. The first-order valence-corrected chi connectivity index (χ1v) is 8.18. The van der Waals surface area contributed by atoms with Gasteiger partial charge in [0.1, 0.15) is 0 Å². The van der Waals surface area contributed by atoms with Crippen molar-refractivity contribution in [2.45, 2.75) is 50.7 Å². The Hall–Kier alpha value is -0.0500. The summed E-state index contributed by atoms with van der Waals surface area (Å²) in [6, 6.07) is 7.93. The lowest BCUT2D eigenvalue weighted by Gasteiger charge is -2.31. The number of rotatable bonds is 4. The zero-order chi connectivity index (χ0) is 12.8. The van der Waals surface area contributed by atoms with Crippen molar-refractivity contribution in [3.8, 4) is 0 Å². The molecule has 0 spiro atoms. The zero-order valence-corrected chi connectivity index (χ0v) is 13.0. The minimum absolute atomic E-state index is 0.0378. The Morgan fingerprint density at radius 3 is 2.22 bits per heavy atom. The van der Waals surface area contributed by atoms with E-state index in [9.17, 15) is 0 Å². The molecule has 0 radical (unpaired) electrons. The molecule has 1 aromatic rings. The molecule has 18 heavy (non-hydrogen) atoms. The fraction of sp³-hybridized carbons (Fsp3) is 0.600. The summed E-state index contributed by atoms with van der Waals surface area (Å²) >= 11 is 9.53. The minimum Gasteiger partial charge on any atom is -0.369 e. The smallest absolute Gasteiger partial charge is 0.0783 e. The molecule has 0 unspecified atom stereocenters. The fourth-order valence-corrected chi connectivity index (χ4v) is 3.36. The lowest BCUT2D eigenvalue weighted by atomic mass is 9.96. The van der Waals surface area contributed by atoms with Gasteiger partial charge < -0.3 is 4.74 Å². The molecule has 0 amide bonds. The number of hydrogen-bond acceptors (Lipinski definition) is 1. The van der Waals surface area contributed by atoms with Crippen LogP contribution in [0.2, 0.25) is 5.02 Å². The van der Waals surface area contributed by atoms with Gasteiger partial charge in [-0.2, -0.15) is 0 Å². The molecule has 0 aromatic heterocycles. The van der Waals surface area contributed by atoms with E-state index in [-0.39, 0.29) is 5.60 Å². The number of halogens is 2. The lowest BCUT2D eigenvalue weighted by Crippen LogP contribution is -2.33. The van der Waals surface area contributed by atoms with E-state index in [0.29, 0.717) is 6.61 Å². The molecule has 0 heterocycles. The molecule has 0 bridgehead atoms. The van der Waals surface area contributed by atoms with Crippen LogP contribution in [0.4, 0.5) is 0 Å². The van der Waals surface area contributed by atoms with E-state index < -0.39 is 0 Å². The Kier molecular flexibility index (Phi) is 5.53. The summed E-state index contributed by atoms with van der Waals surface area (Å²) in [6.45, 7) is 0.683. The van der Waals surface area contributed by atoms with Gasteiger partial charge in [-0.25, -0.2) is 0 Å². The van der Waals surface area contributed by atoms with Crippen molar-refractivity contribution in [1.29, 1.82) is 0 Å². The summed E-state index contributed by atoms with van der Waals surface area (Å²) in [5.41, 5.74) is 1.24. The number of ether oxygens (including phenoxy) is 1. The van der Waals surface area contributed by atoms with Gasteiger partial charge in [-0.05, 0) is 30.5 Å². The van der Waals surface area contributed by atoms with E-state index in [1.807, 2.05) is 24.3 Å². The first-order valence-electron chi connectivity index (χ1n) is 6.68. The quantitative estimate of drug-likeness (QED) is 0.534. The van der Waals surface area contributed by atoms with Crippen LogP contribution in [0.1, 0.15) is 44.1 Å². The van der Waals surface area contributed by atoms with Crippen LogP contribution in [0, 0.1) is 0 Å². The second kappa shape index (κ2) is 6.93. The van der Waals surface area contributed by atoms with E-state index >= 15 is 0 Å². The van der Waals surface area contributed by atoms with Crippen LogP contribution in [0.15, 0.2) is 24.3 Å². The van der Waals surface area contributed by atoms with Crippen molar-refractivity contribution in [1.82, 2.24) is 0 Å². The van der Waals surface area contributed by atoms with Crippen LogP contribution in [0.5, 0.6) is 0 Å². The van der Waals surface area contributed by atoms with Crippen LogP contribution in [0.25, 0.3) is 0 Å². The molecular formula is C15H20BrClO. The highest BCUT2D eigenvalue weighted by molar-refractivity contribution is 9.09. The molecule has 3 heteroatoms. The summed E-state index contributed by atoms with van der Waals surface area (Å²) in [5.74, 6) is 0. The largest absolute Gasteiger partial charge is 0.369 e. The maximum Gasteiger partial charge on any atom is 0.0783 e. The molecule has 1 aliphatic rings. The van der Waals surface area contributed by atoms with Gasteiger partial charge in [0, 0.05) is 10.4 Å². The highest BCUT2D eigenvalue weighted by atomic mass is 79.9. The van der Waals surface area contributed by atoms with Gasteiger partial charge in [0.15, 0.2) is 0 Å². The Bertz CT molecular complexity index is 355. The highest BCUT2D eigenvalue weighted by Gasteiger charge is 2.30. The standard InChI is InChI=1S/C15H20BrClO/c16-12-15(9-3-1-2-4-10-15)18-11-13-5-7-14(17)8-6-13/h5-8H,1-4,9-12H2. The maximum atomic E-state index is 6.24. The van der Waals surface area contributed by atoms with Crippen molar-refractivity contribution < 1.29 is 4.74 Å². The summed E-state index contributed by atoms with van der Waals surface area (Å²) < 4.78 is 6.24. The highest BCUT2D eigenvalue weighted by Crippen LogP contribution is 2.33. The van der Waals surface area contributed by atoms with Crippen molar-refractivity contribution >= 4 is 27.5 Å². The van der Waals surface area contributed by atoms with Crippen LogP contribution in [0.3, 0.4) is 0 Å². The third-order valence-corrected chi connectivity index (χ3v) is 4.99. The fourth-order valence-electron chi connectivity index (χ4n) is 2.51. The van der Waals surface area contributed by atoms with Gasteiger partial charge in [0.25, 0.3) is 0 Å². The molecule has 100 valence electrons. The second-order valence-corrected chi connectivity index (χ2v) is 6.14. The summed E-state index contributed by atoms with van der Waals surface area (Å²) in [7, 11) is 0. The average Bonchev–Trinajstić information content (AvgIpc) is 2.64. The van der Waals surface area contributed by atoms with E-state index in [2.05, 4.69) is 15.9 Å². The van der Waals surface area contributed by atoms with E-state index in [1.54, 1.807) is 0 Å². The molecule has 1 fully saturated rings. The van der Waals surface area contributed by atoms with E-state index in [1.165, 1.54) is 44.1 Å². The minimum atomic E-state index is 0.0378. The van der Waals surface area contributed by atoms with Gasteiger partial charge in [-0.1, -0.05) is 65.3 Å². The monoisotopic (exact) mass is 330 g/mol. The zero-order valence-electron chi connectivity index (χ0n) is 10.6. The third kappa shape index (κ3) is 3.97. The van der Waals surface area contributed by atoms with E-state index in [0.717, 1.165) is 10.4 Å². The SMILES string of the molecule is Clc1ccc(COC2(CBr)CCCCCC2)cc1. The Labute approximate surface area is 123 Å². The Morgan fingerprint density at radius 2 is 1.67 bits per heavy atom. The number of hydrogen-bond donors (Lipinski definition) is 0. The van der Waals surface area contributed by atoms with Gasteiger partial charge >= 0.3 is 0 Å². The van der Waals surface area contributed by atoms with Gasteiger partial charge in [0.05, 0.1) is 12.2 Å². The Morgan fingerprint density at radius 1 is 1.06 bits per heavy atom. The van der Waals surface area contributed by atoms with Crippen LogP contribution in [-0.4, -0.2) is 10.9 Å². The molecule has 0 aliphatic heterocycles.